The SMILES string of the molecule is CCC(O)CNC(=O)C(NC(N)=O)c1ccccc1. The Morgan fingerprint density at radius 2 is 1.95 bits per heavy atom. The molecule has 0 saturated heterocycles. The van der Waals surface area contributed by atoms with Crippen LogP contribution < -0.4 is 16.4 Å². The van der Waals surface area contributed by atoms with Gasteiger partial charge in [0.1, 0.15) is 6.04 Å². The summed E-state index contributed by atoms with van der Waals surface area (Å²) in [5.74, 6) is -0.405. The van der Waals surface area contributed by atoms with Gasteiger partial charge >= 0.3 is 6.03 Å². The van der Waals surface area contributed by atoms with E-state index in [1.165, 1.54) is 0 Å². The third kappa shape index (κ3) is 4.97. The van der Waals surface area contributed by atoms with Crippen LogP contribution in [0.5, 0.6) is 0 Å². The van der Waals surface area contributed by atoms with Gasteiger partial charge in [0.15, 0.2) is 0 Å². The van der Waals surface area contributed by atoms with Crippen LogP contribution in [-0.4, -0.2) is 29.7 Å². The molecule has 6 nitrogen and oxygen atoms in total. The average Bonchev–Trinajstić information content (AvgIpc) is 2.42. The van der Waals surface area contributed by atoms with E-state index < -0.39 is 24.1 Å². The van der Waals surface area contributed by atoms with E-state index in [1.54, 1.807) is 24.3 Å². The van der Waals surface area contributed by atoms with Crippen molar-refractivity contribution in [2.45, 2.75) is 25.5 Å². The molecule has 0 fully saturated rings. The number of hydrogen-bond acceptors (Lipinski definition) is 3. The summed E-state index contributed by atoms with van der Waals surface area (Å²) in [4.78, 5) is 23.0. The van der Waals surface area contributed by atoms with E-state index >= 15 is 0 Å². The summed E-state index contributed by atoms with van der Waals surface area (Å²) in [5, 5.41) is 14.4. The van der Waals surface area contributed by atoms with Gasteiger partial charge in [-0.05, 0) is 12.0 Å². The van der Waals surface area contributed by atoms with E-state index in [9.17, 15) is 14.7 Å². The Labute approximate surface area is 112 Å². The quantitative estimate of drug-likeness (QED) is 0.594. The summed E-state index contributed by atoms with van der Waals surface area (Å²) in [5.41, 5.74) is 5.70. The second kappa shape index (κ2) is 7.38. The maximum absolute atomic E-state index is 12.0. The van der Waals surface area contributed by atoms with Gasteiger partial charge in [0.25, 0.3) is 0 Å². The van der Waals surface area contributed by atoms with Crippen molar-refractivity contribution in [3.05, 3.63) is 35.9 Å². The highest BCUT2D eigenvalue weighted by Crippen LogP contribution is 2.12. The van der Waals surface area contributed by atoms with Crippen molar-refractivity contribution in [3.8, 4) is 0 Å². The smallest absolute Gasteiger partial charge is 0.313 e. The number of nitrogens with two attached hydrogens (primary N) is 1. The van der Waals surface area contributed by atoms with E-state index in [2.05, 4.69) is 10.6 Å². The molecular formula is C13H19N3O3. The maximum Gasteiger partial charge on any atom is 0.313 e. The number of benzene rings is 1. The number of hydrogen-bond donors (Lipinski definition) is 4. The molecular weight excluding hydrogens is 246 g/mol. The number of aliphatic hydroxyl groups is 1. The van der Waals surface area contributed by atoms with Crippen LogP contribution >= 0.6 is 0 Å². The minimum Gasteiger partial charge on any atom is -0.391 e. The van der Waals surface area contributed by atoms with Crippen molar-refractivity contribution < 1.29 is 14.7 Å². The Kier molecular flexibility index (Phi) is 5.81. The molecule has 0 radical (unpaired) electrons. The minimum atomic E-state index is -0.859. The van der Waals surface area contributed by atoms with Gasteiger partial charge in [-0.15, -0.1) is 0 Å². The summed E-state index contributed by atoms with van der Waals surface area (Å²) in [7, 11) is 0. The van der Waals surface area contributed by atoms with E-state index in [0.29, 0.717) is 12.0 Å². The zero-order valence-corrected chi connectivity index (χ0v) is 10.8. The molecule has 5 N–H and O–H groups in total. The van der Waals surface area contributed by atoms with Gasteiger partial charge in [0, 0.05) is 6.54 Å². The highest BCUT2D eigenvalue weighted by Gasteiger charge is 2.21. The van der Waals surface area contributed by atoms with Crippen LogP contribution in [0.3, 0.4) is 0 Å². The van der Waals surface area contributed by atoms with Crippen molar-refractivity contribution in [1.29, 1.82) is 0 Å². The Hall–Kier alpha value is -2.08. The fourth-order valence-corrected chi connectivity index (χ4v) is 1.55. The molecule has 0 aliphatic heterocycles. The molecule has 2 atom stereocenters. The lowest BCUT2D eigenvalue weighted by molar-refractivity contribution is -0.123. The van der Waals surface area contributed by atoms with Crippen LogP contribution in [-0.2, 0) is 4.79 Å². The predicted octanol–water partition coefficient (Wildman–Crippen LogP) is 0.283. The van der Waals surface area contributed by atoms with Crippen LogP contribution in [0, 0.1) is 0 Å². The van der Waals surface area contributed by atoms with Gasteiger partial charge in [-0.25, -0.2) is 4.79 Å². The predicted molar refractivity (Wildman–Crippen MR) is 71.2 cm³/mol. The number of urea groups is 1. The summed E-state index contributed by atoms with van der Waals surface area (Å²) in [6.07, 6.45) is -0.0616. The molecule has 6 heteroatoms. The minimum absolute atomic E-state index is 0.138. The first kappa shape index (κ1) is 15.0. The molecule has 3 amide bonds. The van der Waals surface area contributed by atoms with Crippen LogP contribution in [0.25, 0.3) is 0 Å². The van der Waals surface area contributed by atoms with Crippen LogP contribution in [0.1, 0.15) is 24.9 Å². The first-order valence-electron chi connectivity index (χ1n) is 6.11. The fraction of sp³-hybridized carbons (Fsp3) is 0.385. The highest BCUT2D eigenvalue weighted by atomic mass is 16.3. The third-order valence-corrected chi connectivity index (χ3v) is 2.66. The summed E-state index contributed by atoms with van der Waals surface area (Å²) in [6.45, 7) is 1.95. The topological polar surface area (TPSA) is 104 Å². The Morgan fingerprint density at radius 3 is 2.47 bits per heavy atom. The number of amides is 3. The normalized spacial score (nSPS) is 13.4. The van der Waals surface area contributed by atoms with Crippen molar-refractivity contribution >= 4 is 11.9 Å². The van der Waals surface area contributed by atoms with Gasteiger partial charge in [-0.3, -0.25) is 4.79 Å². The molecule has 0 heterocycles. The van der Waals surface area contributed by atoms with Crippen molar-refractivity contribution in [3.63, 3.8) is 0 Å². The number of aliphatic hydroxyl groups excluding tert-OH is 1. The van der Waals surface area contributed by atoms with Crippen LogP contribution in [0.15, 0.2) is 30.3 Å². The van der Waals surface area contributed by atoms with Gasteiger partial charge in [-0.2, -0.15) is 0 Å². The molecule has 0 aliphatic rings. The molecule has 0 saturated carbocycles. The van der Waals surface area contributed by atoms with E-state index in [0.717, 1.165) is 0 Å². The zero-order chi connectivity index (χ0) is 14.3. The Balaban J connectivity index is 2.74. The first-order valence-corrected chi connectivity index (χ1v) is 6.11. The van der Waals surface area contributed by atoms with Gasteiger partial charge in [0.05, 0.1) is 6.10 Å². The van der Waals surface area contributed by atoms with Crippen LogP contribution in [0.4, 0.5) is 4.79 Å². The lowest BCUT2D eigenvalue weighted by Crippen LogP contribution is -2.44. The molecule has 1 aromatic rings. The second-order valence-corrected chi connectivity index (χ2v) is 4.16. The molecule has 2 unspecified atom stereocenters. The van der Waals surface area contributed by atoms with E-state index in [4.69, 9.17) is 5.73 Å². The van der Waals surface area contributed by atoms with Crippen molar-refractivity contribution in [2.24, 2.45) is 5.73 Å². The number of primary amides is 1. The molecule has 0 spiro atoms. The summed E-state index contributed by atoms with van der Waals surface area (Å²) >= 11 is 0. The largest absolute Gasteiger partial charge is 0.391 e. The molecule has 104 valence electrons. The molecule has 0 aromatic heterocycles. The van der Waals surface area contributed by atoms with Gasteiger partial charge in [0.2, 0.25) is 5.91 Å². The number of carbonyl (C=O) groups is 2. The summed E-state index contributed by atoms with van der Waals surface area (Å²) in [6, 6.07) is 7.14. The number of rotatable bonds is 6. The molecule has 0 bridgehead atoms. The highest BCUT2D eigenvalue weighted by molar-refractivity contribution is 5.87. The fourth-order valence-electron chi connectivity index (χ4n) is 1.55. The lowest BCUT2D eigenvalue weighted by Gasteiger charge is -2.18. The van der Waals surface area contributed by atoms with E-state index in [1.807, 2.05) is 13.0 Å². The van der Waals surface area contributed by atoms with Crippen LogP contribution in [0.2, 0.25) is 0 Å². The molecule has 19 heavy (non-hydrogen) atoms. The standard InChI is InChI=1S/C13H19N3O3/c1-2-10(17)8-15-12(18)11(16-13(14)19)9-6-4-3-5-7-9/h3-7,10-11,17H,2,8H2,1H3,(H,15,18)(H3,14,16,19). The van der Waals surface area contributed by atoms with Crippen molar-refractivity contribution in [1.82, 2.24) is 10.6 Å². The average molecular weight is 265 g/mol. The Morgan fingerprint density at radius 1 is 1.32 bits per heavy atom. The molecule has 0 aliphatic carbocycles. The number of nitrogens with one attached hydrogen (secondary N) is 2. The van der Waals surface area contributed by atoms with E-state index in [-0.39, 0.29) is 6.54 Å². The monoisotopic (exact) mass is 265 g/mol. The molecule has 1 rings (SSSR count). The van der Waals surface area contributed by atoms with Crippen molar-refractivity contribution in [2.75, 3.05) is 6.54 Å². The van der Waals surface area contributed by atoms with Gasteiger partial charge in [-0.1, -0.05) is 37.3 Å². The first-order chi connectivity index (χ1) is 9.04. The maximum atomic E-state index is 12.0. The third-order valence-electron chi connectivity index (χ3n) is 2.66. The Bertz CT molecular complexity index is 422. The molecule has 1 aromatic carbocycles. The summed E-state index contributed by atoms with van der Waals surface area (Å²) < 4.78 is 0. The van der Waals surface area contributed by atoms with Gasteiger partial charge < -0.3 is 21.5 Å². The second-order valence-electron chi connectivity index (χ2n) is 4.16. The number of carbonyl (C=O) groups excluding carboxylic acids is 2. The lowest BCUT2D eigenvalue weighted by atomic mass is 10.1. The zero-order valence-electron chi connectivity index (χ0n) is 10.8.